The van der Waals surface area contributed by atoms with Crippen molar-refractivity contribution in [1.29, 1.82) is 0 Å². The first-order chi connectivity index (χ1) is 9.32. The van der Waals surface area contributed by atoms with E-state index in [9.17, 15) is 0 Å². The zero-order chi connectivity index (χ0) is 15.3. The third-order valence-electron chi connectivity index (χ3n) is 4.39. The van der Waals surface area contributed by atoms with E-state index >= 15 is 0 Å². The highest BCUT2D eigenvalue weighted by atomic mass is 15.1. The maximum Gasteiger partial charge on any atom is 0.0414 e. The van der Waals surface area contributed by atoms with E-state index in [-0.39, 0.29) is 5.41 Å². The van der Waals surface area contributed by atoms with Crippen molar-refractivity contribution < 1.29 is 0 Å². The number of hydrogen-bond donors (Lipinski definition) is 1. The van der Waals surface area contributed by atoms with Crippen LogP contribution in [0, 0.1) is 5.41 Å². The van der Waals surface area contributed by atoms with Crippen LogP contribution in [-0.2, 0) is 0 Å². The molecule has 1 aromatic carbocycles. The molecule has 0 aliphatic heterocycles. The fourth-order valence-corrected chi connectivity index (χ4v) is 2.61. The molecule has 2 unspecified atom stereocenters. The van der Waals surface area contributed by atoms with E-state index in [0.29, 0.717) is 12.1 Å². The minimum atomic E-state index is 0.266. The van der Waals surface area contributed by atoms with E-state index in [1.807, 2.05) is 0 Å². The second-order valence-electron chi connectivity index (χ2n) is 6.73. The summed E-state index contributed by atoms with van der Waals surface area (Å²) >= 11 is 0. The van der Waals surface area contributed by atoms with Gasteiger partial charge in [-0.3, -0.25) is 0 Å². The second kappa shape index (κ2) is 7.12. The number of nitrogens with zero attached hydrogens (tertiary/aromatic N) is 1. The van der Waals surface area contributed by atoms with Gasteiger partial charge in [-0.1, -0.05) is 52.8 Å². The molecule has 20 heavy (non-hydrogen) atoms. The van der Waals surface area contributed by atoms with Gasteiger partial charge in [0.15, 0.2) is 0 Å². The summed E-state index contributed by atoms with van der Waals surface area (Å²) in [6.45, 7) is 14.6. The topological polar surface area (TPSA) is 15.3 Å². The van der Waals surface area contributed by atoms with Gasteiger partial charge in [-0.05, 0) is 36.9 Å². The molecule has 0 aliphatic rings. The van der Waals surface area contributed by atoms with E-state index in [1.54, 1.807) is 0 Å². The standard InChI is InChI=1S/C18H32N2/c1-8-16(19-9-2)15-12-10-11-13-17(15)20(7)14(3)18(4,5)6/h10-14,16,19H,8-9H2,1-7H3. The Morgan fingerprint density at radius 2 is 1.75 bits per heavy atom. The van der Waals surface area contributed by atoms with Crippen LogP contribution in [0.1, 0.15) is 59.6 Å². The van der Waals surface area contributed by atoms with Crippen LogP contribution in [0.15, 0.2) is 24.3 Å². The van der Waals surface area contributed by atoms with Gasteiger partial charge in [-0.25, -0.2) is 0 Å². The van der Waals surface area contributed by atoms with Gasteiger partial charge < -0.3 is 10.2 Å². The van der Waals surface area contributed by atoms with Crippen molar-refractivity contribution >= 4 is 5.69 Å². The maximum atomic E-state index is 3.59. The lowest BCUT2D eigenvalue weighted by molar-refractivity contribution is 0.329. The fourth-order valence-electron chi connectivity index (χ4n) is 2.61. The van der Waals surface area contributed by atoms with Crippen molar-refractivity contribution in [3.8, 4) is 0 Å². The van der Waals surface area contributed by atoms with Gasteiger partial charge >= 0.3 is 0 Å². The Balaban J connectivity index is 3.12. The molecular formula is C18H32N2. The average molecular weight is 276 g/mol. The summed E-state index contributed by atoms with van der Waals surface area (Å²) < 4.78 is 0. The predicted octanol–water partition coefficient (Wildman–Crippen LogP) is 4.62. The Labute approximate surface area is 125 Å². The molecule has 114 valence electrons. The van der Waals surface area contributed by atoms with E-state index < -0.39 is 0 Å². The maximum absolute atomic E-state index is 3.59. The molecule has 0 aliphatic carbocycles. The minimum absolute atomic E-state index is 0.266. The third kappa shape index (κ3) is 3.99. The number of rotatable bonds is 6. The Bertz CT molecular complexity index is 406. The normalized spacial score (nSPS) is 14.9. The molecule has 0 amide bonds. The highest BCUT2D eigenvalue weighted by Gasteiger charge is 2.26. The summed E-state index contributed by atoms with van der Waals surface area (Å²) in [7, 11) is 2.22. The minimum Gasteiger partial charge on any atom is -0.371 e. The molecule has 0 fully saturated rings. The number of nitrogens with one attached hydrogen (secondary N) is 1. The number of hydrogen-bond acceptors (Lipinski definition) is 2. The summed E-state index contributed by atoms with van der Waals surface area (Å²) in [6, 6.07) is 9.72. The van der Waals surface area contributed by atoms with Gasteiger partial charge in [0, 0.05) is 24.8 Å². The van der Waals surface area contributed by atoms with Crippen molar-refractivity contribution in [3.63, 3.8) is 0 Å². The van der Waals surface area contributed by atoms with Gasteiger partial charge in [-0.15, -0.1) is 0 Å². The molecular weight excluding hydrogens is 244 g/mol. The zero-order valence-electron chi connectivity index (χ0n) is 14.3. The monoisotopic (exact) mass is 276 g/mol. The Kier molecular flexibility index (Phi) is 6.07. The molecule has 0 radical (unpaired) electrons. The molecule has 0 heterocycles. The van der Waals surface area contributed by atoms with Crippen LogP contribution in [0.5, 0.6) is 0 Å². The first kappa shape index (κ1) is 17.0. The molecule has 1 aromatic rings. The Hall–Kier alpha value is -1.02. The molecule has 0 spiro atoms. The molecule has 0 saturated carbocycles. The quantitative estimate of drug-likeness (QED) is 0.815. The molecule has 0 saturated heterocycles. The third-order valence-corrected chi connectivity index (χ3v) is 4.39. The molecule has 2 nitrogen and oxygen atoms in total. The Morgan fingerprint density at radius 1 is 1.15 bits per heavy atom. The van der Waals surface area contributed by atoms with Crippen LogP contribution in [0.3, 0.4) is 0 Å². The van der Waals surface area contributed by atoms with E-state index in [4.69, 9.17) is 0 Å². The summed E-state index contributed by atoms with van der Waals surface area (Å²) in [4.78, 5) is 2.43. The predicted molar refractivity (Wildman–Crippen MR) is 90.5 cm³/mol. The lowest BCUT2D eigenvalue weighted by Crippen LogP contribution is -2.40. The van der Waals surface area contributed by atoms with Gasteiger partial charge in [0.25, 0.3) is 0 Å². The SMILES string of the molecule is CCNC(CC)c1ccccc1N(C)C(C)C(C)(C)C. The van der Waals surface area contributed by atoms with Crippen molar-refractivity contribution in [3.05, 3.63) is 29.8 Å². The van der Waals surface area contributed by atoms with Crippen LogP contribution in [-0.4, -0.2) is 19.6 Å². The van der Waals surface area contributed by atoms with Crippen LogP contribution in [0.25, 0.3) is 0 Å². The van der Waals surface area contributed by atoms with Crippen LogP contribution in [0.4, 0.5) is 5.69 Å². The van der Waals surface area contributed by atoms with E-state index in [0.717, 1.165) is 13.0 Å². The second-order valence-corrected chi connectivity index (χ2v) is 6.73. The summed E-state index contributed by atoms with van der Waals surface area (Å²) in [6.07, 6.45) is 1.11. The first-order valence-corrected chi connectivity index (χ1v) is 7.88. The highest BCUT2D eigenvalue weighted by molar-refractivity contribution is 5.55. The lowest BCUT2D eigenvalue weighted by Gasteiger charge is -2.38. The number of benzene rings is 1. The van der Waals surface area contributed by atoms with Gasteiger partial charge in [0.05, 0.1) is 0 Å². The van der Waals surface area contributed by atoms with Crippen LogP contribution < -0.4 is 10.2 Å². The Morgan fingerprint density at radius 3 is 2.25 bits per heavy atom. The lowest BCUT2D eigenvalue weighted by atomic mass is 9.86. The van der Waals surface area contributed by atoms with Crippen molar-refractivity contribution in [2.24, 2.45) is 5.41 Å². The smallest absolute Gasteiger partial charge is 0.0414 e. The molecule has 0 aromatic heterocycles. The van der Waals surface area contributed by atoms with Crippen molar-refractivity contribution in [2.75, 3.05) is 18.5 Å². The van der Waals surface area contributed by atoms with E-state index in [2.05, 4.69) is 83.1 Å². The molecule has 1 N–H and O–H groups in total. The summed E-state index contributed by atoms with van der Waals surface area (Å²) in [5.41, 5.74) is 3.03. The van der Waals surface area contributed by atoms with Gasteiger partial charge in [-0.2, -0.15) is 0 Å². The molecule has 2 atom stereocenters. The zero-order valence-corrected chi connectivity index (χ0v) is 14.3. The van der Waals surface area contributed by atoms with E-state index in [1.165, 1.54) is 11.3 Å². The largest absolute Gasteiger partial charge is 0.371 e. The van der Waals surface area contributed by atoms with Crippen LogP contribution >= 0.6 is 0 Å². The van der Waals surface area contributed by atoms with Crippen molar-refractivity contribution in [1.82, 2.24) is 5.32 Å². The summed E-state index contributed by atoms with van der Waals surface area (Å²) in [5, 5.41) is 3.59. The highest BCUT2D eigenvalue weighted by Crippen LogP contribution is 2.32. The fraction of sp³-hybridized carbons (Fsp3) is 0.667. The molecule has 1 rings (SSSR count). The van der Waals surface area contributed by atoms with Crippen LogP contribution in [0.2, 0.25) is 0 Å². The van der Waals surface area contributed by atoms with Gasteiger partial charge in [0.1, 0.15) is 0 Å². The molecule has 0 bridgehead atoms. The first-order valence-electron chi connectivity index (χ1n) is 7.88. The average Bonchev–Trinajstić information content (AvgIpc) is 2.42. The summed E-state index contributed by atoms with van der Waals surface area (Å²) in [5.74, 6) is 0. The van der Waals surface area contributed by atoms with Crippen molar-refractivity contribution in [2.45, 2.75) is 60.0 Å². The van der Waals surface area contributed by atoms with Gasteiger partial charge in [0.2, 0.25) is 0 Å². The number of para-hydroxylation sites is 1. The number of anilines is 1. The molecule has 2 heteroatoms.